The fourth-order valence-corrected chi connectivity index (χ4v) is 4.69. The van der Waals surface area contributed by atoms with Crippen LogP contribution >= 0.6 is 11.6 Å². The highest BCUT2D eigenvalue weighted by molar-refractivity contribution is 6.30. The number of fused-ring (bicyclic) bond motifs is 1. The fraction of sp³-hybridized carbons (Fsp3) is 0.478. The van der Waals surface area contributed by atoms with Crippen LogP contribution in [0, 0.1) is 0 Å². The molecule has 3 atom stereocenters. The normalized spacial score (nSPS) is 21.5. The smallest absolute Gasteiger partial charge is 0.164 e. The molecule has 0 heterocycles. The van der Waals surface area contributed by atoms with Crippen LogP contribution in [0.15, 0.2) is 48.5 Å². The Morgan fingerprint density at radius 1 is 1.18 bits per heavy atom. The van der Waals surface area contributed by atoms with Crippen LogP contribution in [0.1, 0.15) is 61.6 Å². The second-order valence-corrected chi connectivity index (χ2v) is 9.44. The Kier molecular flexibility index (Phi) is 6.26. The number of likely N-dealkylation sites (N-methyl/N-ethyl adjacent to an activating group) is 1. The van der Waals surface area contributed by atoms with Crippen molar-refractivity contribution in [1.29, 1.82) is 0 Å². The van der Waals surface area contributed by atoms with Gasteiger partial charge in [-0.25, -0.2) is 0 Å². The van der Waals surface area contributed by atoms with Gasteiger partial charge in [0.1, 0.15) is 0 Å². The first kappa shape index (κ1) is 21.4. The average Bonchev–Trinajstić information content (AvgIpc) is 3.04. The summed E-state index contributed by atoms with van der Waals surface area (Å²) in [5.41, 5.74) is 8.77. The highest BCUT2D eigenvalue weighted by Crippen LogP contribution is 2.48. The molecule has 3 nitrogen and oxygen atoms in total. The molecule has 150 valence electrons. The maximum atomic E-state index is 10.6. The Hall–Kier alpha value is -1.33. The lowest BCUT2D eigenvalue weighted by molar-refractivity contribution is -0.0707. The van der Waals surface area contributed by atoms with E-state index in [-0.39, 0.29) is 12.1 Å². The van der Waals surface area contributed by atoms with Crippen molar-refractivity contribution in [2.75, 3.05) is 13.6 Å². The van der Waals surface area contributed by atoms with E-state index >= 15 is 0 Å². The molecule has 0 amide bonds. The highest BCUT2D eigenvalue weighted by atomic mass is 35.5. The van der Waals surface area contributed by atoms with Crippen molar-refractivity contribution in [2.45, 2.75) is 56.1 Å². The van der Waals surface area contributed by atoms with Gasteiger partial charge in [0.15, 0.2) is 7.85 Å². The molecule has 28 heavy (non-hydrogen) atoms. The zero-order chi connectivity index (χ0) is 20.5. The Morgan fingerprint density at radius 3 is 2.50 bits per heavy atom. The first-order chi connectivity index (χ1) is 13.2. The topological polar surface area (TPSA) is 49.5 Å². The van der Waals surface area contributed by atoms with Crippen molar-refractivity contribution in [3.05, 3.63) is 70.2 Å². The molecule has 1 aliphatic carbocycles. The maximum Gasteiger partial charge on any atom is 0.164 e. The summed E-state index contributed by atoms with van der Waals surface area (Å²) in [5.74, 6) is 0.890. The summed E-state index contributed by atoms with van der Waals surface area (Å²) in [7, 11) is 3.74. The molecule has 0 bridgehead atoms. The number of benzene rings is 2. The maximum absolute atomic E-state index is 10.6. The van der Waals surface area contributed by atoms with E-state index in [0.29, 0.717) is 11.8 Å². The monoisotopic (exact) mass is 398 g/mol. The van der Waals surface area contributed by atoms with Crippen LogP contribution in [0.3, 0.4) is 0 Å². The van der Waals surface area contributed by atoms with E-state index in [4.69, 9.17) is 17.3 Å². The number of rotatable bonds is 7. The van der Waals surface area contributed by atoms with Gasteiger partial charge in [-0.2, -0.15) is 0 Å². The van der Waals surface area contributed by atoms with Crippen LogP contribution in [0.2, 0.25) is 5.02 Å². The van der Waals surface area contributed by atoms with E-state index in [1.807, 2.05) is 18.0 Å². The Balaban J connectivity index is 1.81. The summed E-state index contributed by atoms with van der Waals surface area (Å²) in [6, 6.07) is 17.1. The number of aliphatic hydroxyl groups is 1. The molecule has 0 aromatic heterocycles. The minimum atomic E-state index is -1.01. The number of halogens is 1. The Morgan fingerprint density at radius 2 is 1.86 bits per heavy atom. The zero-order valence-corrected chi connectivity index (χ0v) is 18.2. The summed E-state index contributed by atoms with van der Waals surface area (Å²) >= 11 is 6.35. The summed E-state index contributed by atoms with van der Waals surface area (Å²) < 4.78 is 0. The van der Waals surface area contributed by atoms with Crippen LogP contribution in [0.5, 0.6) is 0 Å². The average molecular weight is 399 g/mol. The van der Waals surface area contributed by atoms with Crippen LogP contribution in [-0.2, 0) is 0 Å². The molecule has 0 aliphatic heterocycles. The van der Waals surface area contributed by atoms with Gasteiger partial charge < -0.3 is 10.8 Å². The second kappa shape index (κ2) is 8.20. The number of nitrogens with two attached hydrogens (primary N) is 1. The van der Waals surface area contributed by atoms with Crippen molar-refractivity contribution in [2.24, 2.45) is 5.73 Å². The lowest BCUT2D eigenvalue weighted by atomic mass is 9.82. The minimum absolute atomic E-state index is 0.160. The molecule has 0 spiro atoms. The SMILES string of the molecule is BC(O)(CN)N(C)C(C)(C)CC[C@@H]1C[C@@H](c2ccccc2)c2ccc(Cl)cc21. The largest absolute Gasteiger partial charge is 0.383 e. The first-order valence-electron chi connectivity index (χ1n) is 10.2. The van der Waals surface area contributed by atoms with Gasteiger partial charge in [0.25, 0.3) is 0 Å². The third-order valence-corrected chi connectivity index (χ3v) is 6.94. The van der Waals surface area contributed by atoms with Gasteiger partial charge in [-0.1, -0.05) is 48.0 Å². The standard InChI is InChI=1S/C23H32BClN2O/c1-22(2,27(3)23(24,28)15-26)12-11-17-13-20(16-7-5-4-6-8-16)19-10-9-18(25)14-21(17)19/h4-10,14,17,20,28H,11-13,15,24,26H2,1-3H3/t17-,20+,23?/m1/s1. The molecule has 0 saturated heterocycles. The molecule has 3 rings (SSSR count). The molecule has 0 saturated carbocycles. The molecule has 3 N–H and O–H groups in total. The molecule has 1 unspecified atom stereocenters. The predicted molar refractivity (Wildman–Crippen MR) is 121 cm³/mol. The van der Waals surface area contributed by atoms with Crippen molar-refractivity contribution in [3.63, 3.8) is 0 Å². The van der Waals surface area contributed by atoms with Crippen LogP contribution in [0.25, 0.3) is 0 Å². The van der Waals surface area contributed by atoms with E-state index < -0.39 is 5.62 Å². The first-order valence-corrected chi connectivity index (χ1v) is 10.5. The van der Waals surface area contributed by atoms with Crippen molar-refractivity contribution >= 4 is 19.4 Å². The minimum Gasteiger partial charge on any atom is -0.383 e. The van der Waals surface area contributed by atoms with Crippen molar-refractivity contribution < 1.29 is 5.11 Å². The van der Waals surface area contributed by atoms with Gasteiger partial charge in [-0.3, -0.25) is 4.90 Å². The lowest BCUT2D eigenvalue weighted by Crippen LogP contribution is -2.60. The van der Waals surface area contributed by atoms with Gasteiger partial charge in [-0.05, 0) is 74.9 Å². The summed E-state index contributed by atoms with van der Waals surface area (Å²) in [4.78, 5) is 2.00. The molecule has 5 heteroatoms. The zero-order valence-electron chi connectivity index (χ0n) is 17.5. The predicted octanol–water partition coefficient (Wildman–Crippen LogP) is 3.69. The third-order valence-electron chi connectivity index (χ3n) is 6.71. The van der Waals surface area contributed by atoms with E-state index in [9.17, 15) is 5.11 Å². The molecule has 0 radical (unpaired) electrons. The summed E-state index contributed by atoms with van der Waals surface area (Å²) in [6.45, 7) is 4.57. The van der Waals surface area contributed by atoms with Crippen molar-refractivity contribution in [1.82, 2.24) is 4.90 Å². The van der Waals surface area contributed by atoms with E-state index in [2.05, 4.69) is 56.3 Å². The molecule has 1 aliphatic rings. The third kappa shape index (κ3) is 4.31. The van der Waals surface area contributed by atoms with Crippen LogP contribution in [0.4, 0.5) is 0 Å². The molecule has 2 aromatic carbocycles. The molecule has 2 aromatic rings. The van der Waals surface area contributed by atoms with E-state index in [1.165, 1.54) is 16.7 Å². The lowest BCUT2D eigenvalue weighted by Gasteiger charge is -2.45. The Bertz CT molecular complexity index is 810. The van der Waals surface area contributed by atoms with Crippen LogP contribution in [-0.4, -0.2) is 42.6 Å². The molecular weight excluding hydrogens is 367 g/mol. The van der Waals surface area contributed by atoms with E-state index in [1.54, 1.807) is 7.85 Å². The van der Waals surface area contributed by atoms with E-state index in [0.717, 1.165) is 24.3 Å². The highest BCUT2D eigenvalue weighted by Gasteiger charge is 2.37. The van der Waals surface area contributed by atoms with Crippen LogP contribution < -0.4 is 5.73 Å². The number of hydrogen-bond donors (Lipinski definition) is 2. The summed E-state index contributed by atoms with van der Waals surface area (Å²) in [5, 5.41) is 11.4. The molecule has 0 fully saturated rings. The van der Waals surface area contributed by atoms with Gasteiger partial charge in [0.2, 0.25) is 0 Å². The molecular formula is C23H32BClN2O. The summed E-state index contributed by atoms with van der Waals surface area (Å²) in [6.07, 6.45) is 3.12. The Labute approximate surface area is 175 Å². The number of hydrogen-bond acceptors (Lipinski definition) is 3. The fourth-order valence-electron chi connectivity index (χ4n) is 4.51. The van der Waals surface area contributed by atoms with Gasteiger partial charge in [0, 0.05) is 23.0 Å². The van der Waals surface area contributed by atoms with Gasteiger partial charge in [-0.15, -0.1) is 0 Å². The van der Waals surface area contributed by atoms with Gasteiger partial charge >= 0.3 is 0 Å². The quantitative estimate of drug-likeness (QED) is 0.552. The number of nitrogens with zero attached hydrogens (tertiary/aromatic N) is 1. The second-order valence-electron chi connectivity index (χ2n) is 9.00. The van der Waals surface area contributed by atoms with Gasteiger partial charge in [0.05, 0.1) is 5.62 Å². The van der Waals surface area contributed by atoms with Crippen molar-refractivity contribution in [3.8, 4) is 0 Å².